The zero-order valence-electron chi connectivity index (χ0n) is 15.3. The summed E-state index contributed by atoms with van der Waals surface area (Å²) in [6, 6.07) is 0. The fraction of sp³-hybridized carbons (Fsp3) is 0.824. The molecule has 0 aromatic heterocycles. The Bertz CT molecular complexity index is 680. The lowest BCUT2D eigenvalue weighted by molar-refractivity contribution is -0.348. The van der Waals surface area contributed by atoms with Gasteiger partial charge in [0.2, 0.25) is 6.29 Å². The molecule has 0 bridgehead atoms. The minimum absolute atomic E-state index is 0.0642. The number of ether oxygens (including phenoxy) is 5. The quantitative estimate of drug-likeness (QED) is 0.241. The van der Waals surface area contributed by atoms with Gasteiger partial charge in [0.15, 0.2) is 6.29 Å². The first-order valence-corrected chi connectivity index (χ1v) is 8.98. The molecule has 10 atom stereocenters. The molecule has 2 saturated heterocycles. The molecule has 11 nitrogen and oxygen atoms in total. The Kier molecular flexibility index (Phi) is 4.71. The molecule has 11 heteroatoms. The normalized spacial score (nSPS) is 52.2. The summed E-state index contributed by atoms with van der Waals surface area (Å²) in [6.07, 6.45) is -7.74. The number of aliphatic hydroxyl groups is 5. The SMILES string of the molecule is COC(=O)C1=CO[C@@H](O[C@@H]2O[C@H](CO)[C@@H](O)[C@H](O)[C@H]2O)[C@@H]2[C@@]3(C)O[C@H]3C[C@]12O. The second kappa shape index (κ2) is 6.61. The lowest BCUT2D eigenvalue weighted by Gasteiger charge is -2.45. The number of carbonyl (C=O) groups excluding carboxylic acids is 1. The minimum Gasteiger partial charge on any atom is -0.471 e. The van der Waals surface area contributed by atoms with E-state index in [9.17, 15) is 30.3 Å². The highest BCUT2D eigenvalue weighted by Gasteiger charge is 2.77. The standard InChI is InChI=1S/C17H24O11/c1-16-8(28-16)3-17(23)6(13(22)24-2)5-25-15(12(16)17)27-14-11(21)10(20)9(19)7(4-18)26-14/h5,7-12,14-15,18-21,23H,3-4H2,1-2H3/t7-,8+,9-,10+,11-,12-,14+,15+,16+,17+/m1/s1. The molecule has 3 fully saturated rings. The van der Waals surface area contributed by atoms with Crippen molar-refractivity contribution in [3.05, 3.63) is 11.8 Å². The molecular weight excluding hydrogens is 380 g/mol. The van der Waals surface area contributed by atoms with E-state index in [1.807, 2.05) is 0 Å². The second-order valence-corrected chi connectivity index (χ2v) is 7.76. The van der Waals surface area contributed by atoms with Crippen molar-refractivity contribution in [3.8, 4) is 0 Å². The monoisotopic (exact) mass is 404 g/mol. The van der Waals surface area contributed by atoms with Gasteiger partial charge in [-0.05, 0) is 6.92 Å². The molecule has 0 spiro atoms. The average Bonchev–Trinajstić information content (AvgIpc) is 3.23. The van der Waals surface area contributed by atoms with Crippen molar-refractivity contribution >= 4 is 5.97 Å². The largest absolute Gasteiger partial charge is 0.471 e. The van der Waals surface area contributed by atoms with Gasteiger partial charge in [0, 0.05) is 6.42 Å². The van der Waals surface area contributed by atoms with Crippen LogP contribution in [0.25, 0.3) is 0 Å². The van der Waals surface area contributed by atoms with Crippen LogP contribution in [0.3, 0.4) is 0 Å². The maximum Gasteiger partial charge on any atom is 0.339 e. The molecule has 1 saturated carbocycles. The molecule has 0 aromatic rings. The molecule has 0 amide bonds. The van der Waals surface area contributed by atoms with E-state index in [0.29, 0.717) is 0 Å². The van der Waals surface area contributed by atoms with Crippen LogP contribution in [0.15, 0.2) is 11.8 Å². The highest BCUT2D eigenvalue weighted by Crippen LogP contribution is 2.63. The van der Waals surface area contributed by atoms with Crippen molar-refractivity contribution in [1.82, 2.24) is 0 Å². The van der Waals surface area contributed by atoms with E-state index in [4.69, 9.17) is 23.7 Å². The van der Waals surface area contributed by atoms with Crippen LogP contribution in [-0.4, -0.2) is 99.5 Å². The molecule has 28 heavy (non-hydrogen) atoms. The Balaban J connectivity index is 1.60. The van der Waals surface area contributed by atoms with Crippen LogP contribution in [0, 0.1) is 5.92 Å². The highest BCUT2D eigenvalue weighted by molar-refractivity contribution is 5.91. The lowest BCUT2D eigenvalue weighted by Crippen LogP contribution is -2.61. The number of fused-ring (bicyclic) bond motifs is 3. The summed E-state index contributed by atoms with van der Waals surface area (Å²) < 4.78 is 26.9. The predicted octanol–water partition coefficient (Wildman–Crippen LogP) is -2.88. The zero-order valence-corrected chi connectivity index (χ0v) is 15.3. The van der Waals surface area contributed by atoms with Gasteiger partial charge in [-0.1, -0.05) is 0 Å². The Labute approximate surface area is 160 Å². The van der Waals surface area contributed by atoms with E-state index >= 15 is 0 Å². The third kappa shape index (κ3) is 2.70. The minimum atomic E-state index is -1.64. The van der Waals surface area contributed by atoms with Crippen LogP contribution in [0.2, 0.25) is 0 Å². The smallest absolute Gasteiger partial charge is 0.339 e. The first-order chi connectivity index (χ1) is 13.2. The topological polar surface area (TPSA) is 168 Å². The number of epoxide rings is 1. The summed E-state index contributed by atoms with van der Waals surface area (Å²) in [6.45, 7) is 1.13. The Morgan fingerprint density at radius 3 is 2.61 bits per heavy atom. The third-order valence-corrected chi connectivity index (χ3v) is 6.19. The Morgan fingerprint density at radius 1 is 1.25 bits per heavy atom. The molecule has 0 radical (unpaired) electrons. The first kappa shape index (κ1) is 20.0. The molecule has 0 unspecified atom stereocenters. The summed E-state index contributed by atoms with van der Waals surface area (Å²) in [5, 5.41) is 50.6. The van der Waals surface area contributed by atoms with E-state index in [-0.39, 0.29) is 18.1 Å². The molecule has 0 aromatic carbocycles. The van der Waals surface area contributed by atoms with Crippen LogP contribution in [0.1, 0.15) is 13.3 Å². The van der Waals surface area contributed by atoms with Gasteiger partial charge in [-0.15, -0.1) is 0 Å². The van der Waals surface area contributed by atoms with Gasteiger partial charge in [0.1, 0.15) is 41.2 Å². The number of methoxy groups -OCH3 is 1. The number of carbonyl (C=O) groups is 1. The predicted molar refractivity (Wildman–Crippen MR) is 86.2 cm³/mol. The summed E-state index contributed by atoms with van der Waals surface area (Å²) in [5.41, 5.74) is -2.53. The van der Waals surface area contributed by atoms with Crippen molar-refractivity contribution in [3.63, 3.8) is 0 Å². The Morgan fingerprint density at radius 2 is 1.96 bits per heavy atom. The van der Waals surface area contributed by atoms with Crippen molar-refractivity contribution in [2.24, 2.45) is 5.92 Å². The fourth-order valence-corrected chi connectivity index (χ4v) is 4.52. The summed E-state index contributed by atoms with van der Waals surface area (Å²) in [4.78, 5) is 12.1. The molecule has 4 rings (SSSR count). The van der Waals surface area contributed by atoms with Crippen LogP contribution < -0.4 is 0 Å². The number of hydrogen-bond acceptors (Lipinski definition) is 11. The Hall–Kier alpha value is -1.31. The molecule has 3 aliphatic heterocycles. The van der Waals surface area contributed by atoms with Crippen LogP contribution in [-0.2, 0) is 28.5 Å². The third-order valence-electron chi connectivity index (χ3n) is 6.19. The van der Waals surface area contributed by atoms with Gasteiger partial charge in [-0.25, -0.2) is 4.79 Å². The second-order valence-electron chi connectivity index (χ2n) is 7.76. The number of esters is 1. The number of hydrogen-bond donors (Lipinski definition) is 5. The van der Waals surface area contributed by atoms with Crippen molar-refractivity contribution in [2.75, 3.05) is 13.7 Å². The van der Waals surface area contributed by atoms with E-state index in [1.54, 1.807) is 6.92 Å². The fourth-order valence-electron chi connectivity index (χ4n) is 4.52. The van der Waals surface area contributed by atoms with Crippen molar-refractivity contribution in [1.29, 1.82) is 0 Å². The summed E-state index contributed by atoms with van der Waals surface area (Å²) >= 11 is 0. The molecule has 5 N–H and O–H groups in total. The number of aliphatic hydroxyl groups excluding tert-OH is 4. The maximum atomic E-state index is 12.1. The maximum absolute atomic E-state index is 12.1. The lowest BCUT2D eigenvalue weighted by atomic mass is 9.78. The van der Waals surface area contributed by atoms with Gasteiger partial charge in [-0.3, -0.25) is 0 Å². The molecule has 158 valence electrons. The van der Waals surface area contributed by atoms with Crippen molar-refractivity contribution < 1.29 is 54.0 Å². The molecular formula is C17H24O11. The van der Waals surface area contributed by atoms with E-state index in [1.165, 1.54) is 7.11 Å². The van der Waals surface area contributed by atoms with E-state index in [0.717, 1.165) is 6.26 Å². The molecule has 4 aliphatic rings. The zero-order chi connectivity index (χ0) is 20.4. The molecule has 1 aliphatic carbocycles. The van der Waals surface area contributed by atoms with Crippen LogP contribution in [0.5, 0.6) is 0 Å². The first-order valence-electron chi connectivity index (χ1n) is 8.98. The summed E-state index contributed by atoms with van der Waals surface area (Å²) in [5.74, 6) is -1.60. The van der Waals surface area contributed by atoms with Gasteiger partial charge in [0.05, 0.1) is 32.0 Å². The van der Waals surface area contributed by atoms with Crippen LogP contribution >= 0.6 is 0 Å². The highest BCUT2D eigenvalue weighted by atomic mass is 16.8. The molecule has 3 heterocycles. The van der Waals surface area contributed by atoms with Gasteiger partial charge in [-0.2, -0.15) is 0 Å². The van der Waals surface area contributed by atoms with Crippen molar-refractivity contribution in [2.45, 2.75) is 67.6 Å². The van der Waals surface area contributed by atoms with Gasteiger partial charge in [0.25, 0.3) is 0 Å². The van der Waals surface area contributed by atoms with E-state index < -0.39 is 66.7 Å². The number of rotatable bonds is 4. The van der Waals surface area contributed by atoms with E-state index in [2.05, 4.69) is 0 Å². The van der Waals surface area contributed by atoms with Gasteiger partial charge >= 0.3 is 5.97 Å². The average molecular weight is 404 g/mol. The van der Waals surface area contributed by atoms with Gasteiger partial charge < -0.3 is 49.2 Å². The summed E-state index contributed by atoms with van der Waals surface area (Å²) in [7, 11) is 1.19. The van der Waals surface area contributed by atoms with Crippen LogP contribution in [0.4, 0.5) is 0 Å².